The van der Waals surface area contributed by atoms with Gasteiger partial charge in [-0.2, -0.15) is 5.26 Å². The lowest BCUT2D eigenvalue weighted by Gasteiger charge is -2.11. The van der Waals surface area contributed by atoms with Crippen molar-refractivity contribution in [1.82, 2.24) is 29.9 Å². The van der Waals surface area contributed by atoms with Crippen molar-refractivity contribution in [1.29, 1.82) is 5.26 Å². The first-order valence-corrected chi connectivity index (χ1v) is 8.78. The summed E-state index contributed by atoms with van der Waals surface area (Å²) in [6.45, 7) is 0.180. The summed E-state index contributed by atoms with van der Waals surface area (Å²) < 4.78 is 7.82. The minimum absolute atomic E-state index is 0.180. The number of nitrogens with zero attached hydrogens (tertiary/aromatic N) is 6. The maximum absolute atomic E-state index is 9.65. The smallest absolute Gasteiger partial charge is 0.181 e. The number of nitriles is 1. The molecule has 0 aliphatic carbocycles. The van der Waals surface area contributed by atoms with Gasteiger partial charge in [0.05, 0.1) is 22.7 Å². The standard InChI is InChI=1S/C20H14N8O/c21-9-13-7-14(28-11-23-15-3-1-2-4-16(15)28)6-5-12(13)10-29-17-8-18(22)24-20-19(17)25-27-26-20/h1-8,11H,10H2,(H3,22,24,25,26,27). The van der Waals surface area contributed by atoms with Gasteiger partial charge < -0.3 is 10.5 Å². The Morgan fingerprint density at radius 3 is 2.97 bits per heavy atom. The van der Waals surface area contributed by atoms with E-state index in [2.05, 4.69) is 31.4 Å². The van der Waals surface area contributed by atoms with Crippen molar-refractivity contribution < 1.29 is 4.74 Å². The van der Waals surface area contributed by atoms with Crippen molar-refractivity contribution in [2.75, 3.05) is 5.73 Å². The zero-order valence-electron chi connectivity index (χ0n) is 15.1. The zero-order chi connectivity index (χ0) is 19.8. The lowest BCUT2D eigenvalue weighted by atomic mass is 10.1. The number of aromatic nitrogens is 6. The number of nitrogens with one attached hydrogen (secondary N) is 1. The number of hydrogen-bond donors (Lipinski definition) is 2. The van der Waals surface area contributed by atoms with Crippen LogP contribution >= 0.6 is 0 Å². The highest BCUT2D eigenvalue weighted by atomic mass is 16.5. The number of pyridine rings is 1. The summed E-state index contributed by atoms with van der Waals surface area (Å²) in [5, 5.41) is 20.0. The number of anilines is 1. The van der Waals surface area contributed by atoms with E-state index >= 15 is 0 Å². The largest absolute Gasteiger partial charge is 0.486 e. The number of imidazole rings is 1. The summed E-state index contributed by atoms with van der Waals surface area (Å²) in [7, 11) is 0. The van der Waals surface area contributed by atoms with E-state index in [0.717, 1.165) is 22.3 Å². The van der Waals surface area contributed by atoms with Crippen molar-refractivity contribution in [3.8, 4) is 17.5 Å². The minimum Gasteiger partial charge on any atom is -0.486 e. The fraction of sp³-hybridized carbons (Fsp3) is 0.0500. The molecule has 0 aliphatic rings. The van der Waals surface area contributed by atoms with E-state index in [1.807, 2.05) is 47.0 Å². The van der Waals surface area contributed by atoms with Gasteiger partial charge in [-0.1, -0.05) is 23.4 Å². The summed E-state index contributed by atoms with van der Waals surface area (Å²) in [5.41, 5.74) is 10.7. The first kappa shape index (κ1) is 16.7. The van der Waals surface area contributed by atoms with Crippen LogP contribution in [0, 0.1) is 11.3 Å². The Bertz CT molecular complexity index is 1390. The monoisotopic (exact) mass is 382 g/mol. The quantitative estimate of drug-likeness (QED) is 0.488. The average molecular weight is 382 g/mol. The maximum atomic E-state index is 9.65. The molecule has 5 rings (SSSR count). The Balaban J connectivity index is 1.47. The molecule has 0 unspecified atom stereocenters. The number of rotatable bonds is 4. The van der Waals surface area contributed by atoms with Crippen molar-refractivity contribution in [3.05, 3.63) is 66.0 Å². The molecule has 0 saturated carbocycles. The second-order valence-electron chi connectivity index (χ2n) is 6.40. The van der Waals surface area contributed by atoms with E-state index in [9.17, 15) is 5.26 Å². The van der Waals surface area contributed by atoms with Gasteiger partial charge in [-0.3, -0.25) is 4.57 Å². The molecule has 0 atom stereocenters. The van der Waals surface area contributed by atoms with E-state index in [-0.39, 0.29) is 6.61 Å². The average Bonchev–Trinajstić information content (AvgIpc) is 3.38. The topological polar surface area (TPSA) is 131 Å². The molecule has 0 radical (unpaired) electrons. The van der Waals surface area contributed by atoms with Crippen molar-refractivity contribution in [2.45, 2.75) is 6.61 Å². The molecule has 5 aromatic rings. The molecule has 9 heteroatoms. The molecule has 0 fully saturated rings. The highest BCUT2D eigenvalue weighted by molar-refractivity contribution is 5.79. The molecule has 3 aromatic heterocycles. The van der Waals surface area contributed by atoms with Gasteiger partial charge in [0.1, 0.15) is 18.8 Å². The van der Waals surface area contributed by atoms with E-state index < -0.39 is 0 Å². The van der Waals surface area contributed by atoms with Crippen LogP contribution in [0.3, 0.4) is 0 Å². The summed E-state index contributed by atoms with van der Waals surface area (Å²) in [4.78, 5) is 8.51. The zero-order valence-corrected chi connectivity index (χ0v) is 15.1. The van der Waals surface area contributed by atoms with Gasteiger partial charge in [-0.15, -0.1) is 5.10 Å². The Morgan fingerprint density at radius 2 is 2.07 bits per heavy atom. The van der Waals surface area contributed by atoms with Crippen LogP contribution in [0.1, 0.15) is 11.1 Å². The van der Waals surface area contributed by atoms with Gasteiger partial charge in [0.25, 0.3) is 0 Å². The lowest BCUT2D eigenvalue weighted by Crippen LogP contribution is -2.02. The highest BCUT2D eigenvalue weighted by Crippen LogP contribution is 2.25. The van der Waals surface area contributed by atoms with E-state index in [4.69, 9.17) is 10.5 Å². The molecule has 140 valence electrons. The highest BCUT2D eigenvalue weighted by Gasteiger charge is 2.12. The Morgan fingerprint density at radius 1 is 1.17 bits per heavy atom. The van der Waals surface area contributed by atoms with Crippen molar-refractivity contribution in [3.63, 3.8) is 0 Å². The first-order chi connectivity index (χ1) is 14.2. The number of hydrogen-bond acceptors (Lipinski definition) is 7. The van der Waals surface area contributed by atoms with Gasteiger partial charge in [-0.25, -0.2) is 15.1 Å². The summed E-state index contributed by atoms with van der Waals surface area (Å²) in [6.07, 6.45) is 1.75. The predicted octanol–water partition coefficient (Wildman–Crippen LogP) is 2.72. The number of nitrogen functional groups attached to an aromatic ring is 1. The fourth-order valence-electron chi connectivity index (χ4n) is 3.21. The Labute approximate surface area is 164 Å². The second-order valence-corrected chi connectivity index (χ2v) is 6.40. The van der Waals surface area contributed by atoms with Crippen LogP contribution in [0.25, 0.3) is 27.9 Å². The van der Waals surface area contributed by atoms with Crippen LogP contribution in [-0.2, 0) is 6.61 Å². The van der Waals surface area contributed by atoms with Gasteiger partial charge in [0.2, 0.25) is 0 Å². The van der Waals surface area contributed by atoms with E-state index in [0.29, 0.717) is 28.3 Å². The van der Waals surface area contributed by atoms with Crippen LogP contribution in [0.15, 0.2) is 54.9 Å². The fourth-order valence-corrected chi connectivity index (χ4v) is 3.21. The molecule has 9 nitrogen and oxygen atoms in total. The van der Waals surface area contributed by atoms with Crippen LogP contribution in [-0.4, -0.2) is 29.9 Å². The van der Waals surface area contributed by atoms with Crippen LogP contribution in [0.2, 0.25) is 0 Å². The lowest BCUT2D eigenvalue weighted by molar-refractivity contribution is 0.309. The third kappa shape index (κ3) is 2.89. The third-order valence-electron chi connectivity index (χ3n) is 4.61. The number of benzene rings is 2. The molecule has 3 heterocycles. The molecule has 0 spiro atoms. The van der Waals surface area contributed by atoms with E-state index in [1.165, 1.54) is 0 Å². The van der Waals surface area contributed by atoms with Crippen LogP contribution in [0.4, 0.5) is 5.82 Å². The van der Waals surface area contributed by atoms with E-state index in [1.54, 1.807) is 12.4 Å². The molecule has 0 aliphatic heterocycles. The predicted molar refractivity (Wildman–Crippen MR) is 106 cm³/mol. The Kier molecular flexibility index (Phi) is 3.81. The summed E-state index contributed by atoms with van der Waals surface area (Å²) in [6, 6.07) is 17.3. The number of aromatic amines is 1. The van der Waals surface area contributed by atoms with Gasteiger partial charge >= 0.3 is 0 Å². The SMILES string of the molecule is N#Cc1cc(-n2cnc3ccccc32)ccc1COc1cc(N)nc2[nH]nnc12. The summed E-state index contributed by atoms with van der Waals surface area (Å²) in [5.74, 6) is 0.746. The maximum Gasteiger partial charge on any atom is 0.181 e. The normalized spacial score (nSPS) is 11.0. The van der Waals surface area contributed by atoms with Gasteiger partial charge in [-0.05, 0) is 24.3 Å². The molecule has 3 N–H and O–H groups in total. The molecule has 0 saturated heterocycles. The third-order valence-corrected chi connectivity index (χ3v) is 4.61. The molecule has 0 amide bonds. The van der Waals surface area contributed by atoms with Crippen molar-refractivity contribution >= 4 is 28.0 Å². The molecular weight excluding hydrogens is 368 g/mol. The van der Waals surface area contributed by atoms with Gasteiger partial charge in [0, 0.05) is 17.3 Å². The van der Waals surface area contributed by atoms with Crippen molar-refractivity contribution in [2.24, 2.45) is 0 Å². The van der Waals surface area contributed by atoms with Crippen LogP contribution < -0.4 is 10.5 Å². The Hall–Kier alpha value is -4.45. The molecule has 29 heavy (non-hydrogen) atoms. The number of para-hydroxylation sites is 2. The number of nitrogens with two attached hydrogens (primary N) is 1. The number of fused-ring (bicyclic) bond motifs is 2. The molecular formula is C20H14N8O. The van der Waals surface area contributed by atoms with Gasteiger partial charge in [0.15, 0.2) is 16.9 Å². The second kappa shape index (κ2) is 6.61. The first-order valence-electron chi connectivity index (χ1n) is 8.78. The molecule has 2 aromatic carbocycles. The number of H-pyrrole nitrogens is 1. The van der Waals surface area contributed by atoms with Crippen LogP contribution in [0.5, 0.6) is 5.75 Å². The molecule has 0 bridgehead atoms. The summed E-state index contributed by atoms with van der Waals surface area (Å²) >= 11 is 0. The minimum atomic E-state index is 0.180. The number of ether oxygens (including phenoxy) is 1.